The van der Waals surface area contributed by atoms with Crippen molar-refractivity contribution in [2.45, 2.75) is 38.5 Å². The molecule has 4 heterocycles. The number of benzene rings is 1. The standard InChI is InChI=1S/C22H22N6O/c1-13(16-5-3-4-15(6-16)9-23)25-22-20-8-17(10-24-21(20)14(2)26-27-22)28-11-19-7-18(28)12-29-19/h3-6,8,10,13,18-19H,7,11-12H2,1-2H3,(H,25,27)/t13-,18?,19?/m1/s1. The highest BCUT2D eigenvalue weighted by molar-refractivity contribution is 5.92. The van der Waals surface area contributed by atoms with Gasteiger partial charge in [0.05, 0.1) is 59.5 Å². The molecule has 3 aromatic rings. The van der Waals surface area contributed by atoms with Crippen molar-refractivity contribution in [2.24, 2.45) is 0 Å². The van der Waals surface area contributed by atoms with E-state index in [1.54, 1.807) is 6.07 Å². The summed E-state index contributed by atoms with van der Waals surface area (Å²) in [5.41, 5.74) is 4.43. The van der Waals surface area contributed by atoms with E-state index in [-0.39, 0.29) is 6.04 Å². The molecule has 0 amide bonds. The average Bonchev–Trinajstić information content (AvgIpc) is 3.39. The summed E-state index contributed by atoms with van der Waals surface area (Å²) < 4.78 is 5.73. The first-order valence-electron chi connectivity index (χ1n) is 9.90. The van der Waals surface area contributed by atoms with Crippen molar-refractivity contribution < 1.29 is 4.74 Å². The van der Waals surface area contributed by atoms with Gasteiger partial charge in [0.1, 0.15) is 0 Å². The van der Waals surface area contributed by atoms with Gasteiger partial charge in [0.25, 0.3) is 0 Å². The Morgan fingerprint density at radius 3 is 2.97 bits per heavy atom. The fourth-order valence-electron chi connectivity index (χ4n) is 4.29. The number of pyridine rings is 1. The van der Waals surface area contributed by atoms with Crippen molar-refractivity contribution in [3.63, 3.8) is 0 Å². The molecule has 2 fully saturated rings. The molecule has 29 heavy (non-hydrogen) atoms. The molecule has 0 saturated carbocycles. The summed E-state index contributed by atoms with van der Waals surface area (Å²) in [7, 11) is 0. The van der Waals surface area contributed by atoms with E-state index in [2.05, 4.69) is 39.5 Å². The van der Waals surface area contributed by atoms with Crippen LogP contribution in [0, 0.1) is 18.3 Å². The fraction of sp³-hybridized carbons (Fsp3) is 0.364. The Balaban J connectivity index is 1.50. The Labute approximate surface area is 169 Å². The van der Waals surface area contributed by atoms with Crippen molar-refractivity contribution in [1.82, 2.24) is 15.2 Å². The van der Waals surface area contributed by atoms with Crippen LogP contribution in [0.5, 0.6) is 0 Å². The molecule has 2 aromatic heterocycles. The Kier molecular flexibility index (Phi) is 4.29. The summed E-state index contributed by atoms with van der Waals surface area (Å²) in [6, 6.07) is 12.4. The second-order valence-electron chi connectivity index (χ2n) is 7.82. The Bertz CT molecular complexity index is 1120. The van der Waals surface area contributed by atoms with Crippen molar-refractivity contribution in [3.05, 3.63) is 53.3 Å². The van der Waals surface area contributed by atoms with Gasteiger partial charge in [0.2, 0.25) is 0 Å². The minimum atomic E-state index is -0.0247. The number of morpholine rings is 1. The van der Waals surface area contributed by atoms with E-state index in [0.29, 0.717) is 23.5 Å². The van der Waals surface area contributed by atoms with Crippen LogP contribution in [0.2, 0.25) is 0 Å². The van der Waals surface area contributed by atoms with Gasteiger partial charge in [-0.05, 0) is 44.0 Å². The third-order valence-electron chi connectivity index (χ3n) is 5.87. The van der Waals surface area contributed by atoms with Crippen LogP contribution in [0.15, 0.2) is 36.5 Å². The molecule has 2 saturated heterocycles. The first kappa shape index (κ1) is 17.8. The molecule has 5 rings (SSSR count). The maximum atomic E-state index is 9.17. The first-order chi connectivity index (χ1) is 14.1. The lowest BCUT2D eigenvalue weighted by Gasteiger charge is -2.29. The molecular formula is C22H22N6O. The molecule has 2 aliphatic rings. The highest BCUT2D eigenvalue weighted by Gasteiger charge is 2.39. The molecule has 7 nitrogen and oxygen atoms in total. The van der Waals surface area contributed by atoms with Crippen molar-refractivity contribution in [3.8, 4) is 6.07 Å². The molecule has 0 spiro atoms. The lowest BCUT2D eigenvalue weighted by molar-refractivity contribution is 0.0991. The number of aryl methyl sites for hydroxylation is 1. The lowest BCUT2D eigenvalue weighted by Crippen LogP contribution is -2.36. The number of hydrogen-bond donors (Lipinski definition) is 1. The van der Waals surface area contributed by atoms with Crippen molar-refractivity contribution >= 4 is 22.4 Å². The maximum absolute atomic E-state index is 9.17. The molecule has 1 aromatic carbocycles. The molecule has 2 bridgehead atoms. The van der Waals surface area contributed by atoms with Crippen LogP contribution < -0.4 is 10.2 Å². The fourth-order valence-corrected chi connectivity index (χ4v) is 4.29. The molecule has 2 aliphatic heterocycles. The van der Waals surface area contributed by atoms with Gasteiger partial charge < -0.3 is 15.0 Å². The summed E-state index contributed by atoms with van der Waals surface area (Å²) in [4.78, 5) is 7.10. The van der Waals surface area contributed by atoms with E-state index in [1.807, 2.05) is 31.3 Å². The van der Waals surface area contributed by atoms with E-state index in [9.17, 15) is 5.26 Å². The van der Waals surface area contributed by atoms with Gasteiger partial charge in [0.15, 0.2) is 5.82 Å². The number of nitrogens with one attached hydrogen (secondary N) is 1. The minimum absolute atomic E-state index is 0.0247. The zero-order valence-corrected chi connectivity index (χ0v) is 16.5. The summed E-state index contributed by atoms with van der Waals surface area (Å²) >= 11 is 0. The monoisotopic (exact) mass is 386 g/mol. The van der Waals surface area contributed by atoms with E-state index >= 15 is 0 Å². The molecule has 146 valence electrons. The van der Waals surface area contributed by atoms with Gasteiger partial charge in [-0.15, -0.1) is 5.10 Å². The number of hydrogen-bond acceptors (Lipinski definition) is 7. The van der Waals surface area contributed by atoms with E-state index in [0.717, 1.165) is 47.4 Å². The summed E-state index contributed by atoms with van der Waals surface area (Å²) in [5.74, 6) is 0.704. The zero-order chi connectivity index (χ0) is 20.0. The summed E-state index contributed by atoms with van der Waals surface area (Å²) in [6.45, 7) is 5.68. The topological polar surface area (TPSA) is 87.0 Å². The van der Waals surface area contributed by atoms with Crippen LogP contribution in [0.1, 0.15) is 36.2 Å². The molecule has 2 unspecified atom stereocenters. The predicted molar refractivity (Wildman–Crippen MR) is 111 cm³/mol. The normalized spacial score (nSPS) is 21.3. The van der Waals surface area contributed by atoms with Gasteiger partial charge in [-0.25, -0.2) is 0 Å². The third kappa shape index (κ3) is 3.15. The van der Waals surface area contributed by atoms with Crippen LogP contribution in [-0.2, 0) is 4.74 Å². The maximum Gasteiger partial charge on any atom is 0.158 e. The Morgan fingerprint density at radius 2 is 2.21 bits per heavy atom. The smallest absolute Gasteiger partial charge is 0.158 e. The number of aromatic nitrogens is 3. The largest absolute Gasteiger partial charge is 0.374 e. The third-order valence-corrected chi connectivity index (χ3v) is 5.87. The highest BCUT2D eigenvalue weighted by Crippen LogP contribution is 2.35. The van der Waals surface area contributed by atoms with Gasteiger partial charge in [-0.2, -0.15) is 10.4 Å². The van der Waals surface area contributed by atoms with E-state index < -0.39 is 0 Å². The average molecular weight is 386 g/mol. The molecule has 7 heteroatoms. The number of fused-ring (bicyclic) bond motifs is 3. The van der Waals surface area contributed by atoms with Crippen LogP contribution >= 0.6 is 0 Å². The number of anilines is 2. The number of nitrogens with zero attached hydrogens (tertiary/aromatic N) is 5. The number of rotatable bonds is 4. The predicted octanol–water partition coefficient (Wildman–Crippen LogP) is 3.36. The first-order valence-corrected chi connectivity index (χ1v) is 9.90. The zero-order valence-electron chi connectivity index (χ0n) is 16.5. The number of nitriles is 1. The molecular weight excluding hydrogens is 364 g/mol. The lowest BCUT2D eigenvalue weighted by atomic mass is 10.1. The van der Waals surface area contributed by atoms with E-state index in [1.165, 1.54) is 0 Å². The van der Waals surface area contributed by atoms with Crippen LogP contribution in [0.4, 0.5) is 11.5 Å². The Morgan fingerprint density at radius 1 is 1.31 bits per heavy atom. The molecule has 1 N–H and O–H groups in total. The van der Waals surface area contributed by atoms with Gasteiger partial charge in [0, 0.05) is 11.9 Å². The quantitative estimate of drug-likeness (QED) is 0.736. The highest BCUT2D eigenvalue weighted by atomic mass is 16.5. The second-order valence-corrected chi connectivity index (χ2v) is 7.82. The van der Waals surface area contributed by atoms with Crippen molar-refractivity contribution in [2.75, 3.05) is 23.4 Å². The van der Waals surface area contributed by atoms with Crippen LogP contribution in [0.25, 0.3) is 10.9 Å². The van der Waals surface area contributed by atoms with Gasteiger partial charge in [-0.1, -0.05) is 12.1 Å². The van der Waals surface area contributed by atoms with E-state index in [4.69, 9.17) is 9.72 Å². The second kappa shape index (κ2) is 6.98. The molecule has 0 aliphatic carbocycles. The summed E-state index contributed by atoms with van der Waals surface area (Å²) in [6.07, 6.45) is 3.35. The van der Waals surface area contributed by atoms with Crippen molar-refractivity contribution in [1.29, 1.82) is 5.26 Å². The minimum Gasteiger partial charge on any atom is -0.374 e. The van der Waals surface area contributed by atoms with Gasteiger partial charge in [-0.3, -0.25) is 4.98 Å². The molecule has 0 radical (unpaired) electrons. The van der Waals surface area contributed by atoms with Crippen LogP contribution in [0.3, 0.4) is 0 Å². The van der Waals surface area contributed by atoms with Crippen LogP contribution in [-0.4, -0.2) is 40.5 Å². The summed E-state index contributed by atoms with van der Waals surface area (Å²) in [5, 5.41) is 22.3. The SMILES string of the molecule is Cc1nnc(N[C@H](C)c2cccc(C#N)c2)c2cc(N3CC4CC3CO4)cnc12. The molecule has 3 atom stereocenters. The Hall–Kier alpha value is -3.24. The van der Waals surface area contributed by atoms with Gasteiger partial charge >= 0.3 is 0 Å². The number of ether oxygens (including phenoxy) is 1.